The normalized spacial score (nSPS) is 10.7. The average molecular weight is 481 g/mol. The second-order valence-electron chi connectivity index (χ2n) is 7.83. The molecule has 0 spiro atoms. The Hall–Kier alpha value is -4.35. The zero-order valence-electron chi connectivity index (χ0n) is 18.6. The summed E-state index contributed by atoms with van der Waals surface area (Å²) in [5.74, 6) is 1.43. The maximum atomic E-state index is 13.1. The zero-order chi connectivity index (χ0) is 24.0. The van der Waals surface area contributed by atoms with Crippen molar-refractivity contribution in [3.8, 4) is 28.5 Å². The highest BCUT2D eigenvalue weighted by Crippen LogP contribution is 2.29. The molecule has 5 aromatic rings. The second kappa shape index (κ2) is 10.3. The molecule has 1 amide bonds. The van der Waals surface area contributed by atoms with Gasteiger partial charge < -0.3 is 14.5 Å². The van der Waals surface area contributed by atoms with Crippen molar-refractivity contribution in [1.82, 2.24) is 4.98 Å². The van der Waals surface area contributed by atoms with E-state index in [9.17, 15) is 4.79 Å². The van der Waals surface area contributed by atoms with Crippen molar-refractivity contribution in [2.24, 2.45) is 0 Å². The number of carbonyl (C=O) groups excluding carboxylic acids is 1. The number of amides is 1. The van der Waals surface area contributed by atoms with E-state index in [0.29, 0.717) is 40.1 Å². The van der Waals surface area contributed by atoms with E-state index in [1.54, 1.807) is 24.4 Å². The standard InChI is InChI=1S/C29H21ClN2O3/c30-22-12-10-21(11-13-22)27-18-31-29(35-27)26-9-5-4-8-25(26)28(33)32-23-14-16-24(17-15-23)34-19-20-6-2-1-3-7-20/h1-18H,19H2,(H,32,33). The molecular weight excluding hydrogens is 460 g/mol. The number of nitrogens with one attached hydrogen (secondary N) is 1. The first-order valence-electron chi connectivity index (χ1n) is 11.0. The molecule has 0 atom stereocenters. The van der Waals surface area contributed by atoms with Crippen molar-refractivity contribution in [3.63, 3.8) is 0 Å². The third kappa shape index (κ3) is 5.42. The molecule has 0 radical (unpaired) electrons. The van der Waals surface area contributed by atoms with Crippen molar-refractivity contribution in [2.75, 3.05) is 5.32 Å². The molecule has 0 aliphatic heterocycles. The molecule has 0 saturated heterocycles. The van der Waals surface area contributed by atoms with E-state index in [2.05, 4.69) is 10.3 Å². The molecule has 5 rings (SSSR count). The van der Waals surface area contributed by atoms with Gasteiger partial charge in [-0.2, -0.15) is 0 Å². The van der Waals surface area contributed by atoms with Crippen LogP contribution in [0.2, 0.25) is 5.02 Å². The lowest BCUT2D eigenvalue weighted by molar-refractivity contribution is 0.102. The molecule has 0 aliphatic rings. The van der Waals surface area contributed by atoms with Crippen LogP contribution in [-0.2, 0) is 6.61 Å². The molecule has 1 aromatic heterocycles. The first-order chi connectivity index (χ1) is 17.2. The summed E-state index contributed by atoms with van der Waals surface area (Å²) in [5.41, 5.74) is 3.66. The first-order valence-corrected chi connectivity index (χ1v) is 11.4. The minimum absolute atomic E-state index is 0.259. The fourth-order valence-corrected chi connectivity index (χ4v) is 3.71. The maximum absolute atomic E-state index is 13.1. The zero-order valence-corrected chi connectivity index (χ0v) is 19.4. The van der Waals surface area contributed by atoms with Gasteiger partial charge in [-0.25, -0.2) is 4.98 Å². The van der Waals surface area contributed by atoms with Crippen molar-refractivity contribution in [1.29, 1.82) is 0 Å². The highest BCUT2D eigenvalue weighted by molar-refractivity contribution is 6.30. The number of carbonyl (C=O) groups is 1. The minimum Gasteiger partial charge on any atom is -0.489 e. The number of hydrogen-bond acceptors (Lipinski definition) is 4. The predicted molar refractivity (Wildman–Crippen MR) is 138 cm³/mol. The number of hydrogen-bond donors (Lipinski definition) is 1. The smallest absolute Gasteiger partial charge is 0.256 e. The molecule has 0 unspecified atom stereocenters. The third-order valence-corrected chi connectivity index (χ3v) is 5.65. The molecule has 0 aliphatic carbocycles. The van der Waals surface area contributed by atoms with E-state index < -0.39 is 0 Å². The summed E-state index contributed by atoms with van der Waals surface area (Å²) in [6, 6.07) is 31.7. The molecule has 0 fully saturated rings. The number of aromatic nitrogens is 1. The molecule has 6 heteroatoms. The Bertz CT molecular complexity index is 1430. The number of anilines is 1. The highest BCUT2D eigenvalue weighted by atomic mass is 35.5. The van der Waals surface area contributed by atoms with Gasteiger partial charge in [-0.3, -0.25) is 4.79 Å². The third-order valence-electron chi connectivity index (χ3n) is 5.40. The van der Waals surface area contributed by atoms with Gasteiger partial charge in [0.2, 0.25) is 5.89 Å². The molecule has 172 valence electrons. The van der Waals surface area contributed by atoms with Gasteiger partial charge in [-0.1, -0.05) is 54.1 Å². The number of benzene rings is 4. The topological polar surface area (TPSA) is 64.4 Å². The van der Waals surface area contributed by atoms with E-state index in [1.807, 2.05) is 84.9 Å². The van der Waals surface area contributed by atoms with Crippen LogP contribution in [0.25, 0.3) is 22.8 Å². The van der Waals surface area contributed by atoms with Crippen molar-refractivity contribution >= 4 is 23.2 Å². The largest absolute Gasteiger partial charge is 0.489 e. The van der Waals surface area contributed by atoms with E-state index in [1.165, 1.54) is 0 Å². The Labute approximate surface area is 208 Å². The van der Waals surface area contributed by atoms with Crippen LogP contribution < -0.4 is 10.1 Å². The molecule has 4 aromatic carbocycles. The lowest BCUT2D eigenvalue weighted by Gasteiger charge is -2.10. The Balaban J connectivity index is 1.29. The summed E-state index contributed by atoms with van der Waals surface area (Å²) < 4.78 is 11.8. The quantitative estimate of drug-likeness (QED) is 0.262. The summed E-state index contributed by atoms with van der Waals surface area (Å²) in [4.78, 5) is 17.5. The van der Waals surface area contributed by atoms with Crippen molar-refractivity contribution in [3.05, 3.63) is 125 Å². The first kappa shape index (κ1) is 22.4. The highest BCUT2D eigenvalue weighted by Gasteiger charge is 2.17. The number of rotatable bonds is 7. The molecule has 1 heterocycles. The van der Waals surface area contributed by atoms with E-state index >= 15 is 0 Å². The lowest BCUT2D eigenvalue weighted by atomic mass is 10.1. The van der Waals surface area contributed by atoms with Crippen LogP contribution in [-0.4, -0.2) is 10.9 Å². The van der Waals surface area contributed by atoms with Crippen LogP contribution in [0.3, 0.4) is 0 Å². The molecule has 5 nitrogen and oxygen atoms in total. The van der Waals surface area contributed by atoms with Gasteiger partial charge in [-0.05, 0) is 66.2 Å². The summed E-state index contributed by atoms with van der Waals surface area (Å²) in [6.07, 6.45) is 1.64. The maximum Gasteiger partial charge on any atom is 0.256 e. The van der Waals surface area contributed by atoms with Crippen LogP contribution in [0, 0.1) is 0 Å². The van der Waals surface area contributed by atoms with Crippen molar-refractivity contribution < 1.29 is 13.9 Å². The van der Waals surface area contributed by atoms with Gasteiger partial charge in [0, 0.05) is 21.8 Å². The Kier molecular flexibility index (Phi) is 6.59. The number of ether oxygens (including phenoxy) is 1. The summed E-state index contributed by atoms with van der Waals surface area (Å²) >= 11 is 5.97. The minimum atomic E-state index is -0.259. The van der Waals surface area contributed by atoms with Gasteiger partial charge in [0.25, 0.3) is 5.91 Å². The fourth-order valence-electron chi connectivity index (χ4n) is 3.59. The average Bonchev–Trinajstić information content (AvgIpc) is 3.39. The van der Waals surface area contributed by atoms with Crippen LogP contribution in [0.4, 0.5) is 5.69 Å². The van der Waals surface area contributed by atoms with E-state index in [0.717, 1.165) is 16.9 Å². The number of oxazole rings is 1. The van der Waals surface area contributed by atoms with Gasteiger partial charge >= 0.3 is 0 Å². The van der Waals surface area contributed by atoms with Crippen LogP contribution >= 0.6 is 11.6 Å². The molecule has 35 heavy (non-hydrogen) atoms. The van der Waals surface area contributed by atoms with Crippen LogP contribution in [0.1, 0.15) is 15.9 Å². The predicted octanol–water partition coefficient (Wildman–Crippen LogP) is 7.49. The second-order valence-corrected chi connectivity index (χ2v) is 8.27. The van der Waals surface area contributed by atoms with Crippen LogP contribution in [0.15, 0.2) is 114 Å². The molecular formula is C29H21ClN2O3. The van der Waals surface area contributed by atoms with Gasteiger partial charge in [0.05, 0.1) is 11.8 Å². The van der Waals surface area contributed by atoms with Gasteiger partial charge in [0.15, 0.2) is 5.76 Å². The van der Waals surface area contributed by atoms with Crippen molar-refractivity contribution in [2.45, 2.75) is 6.61 Å². The van der Waals surface area contributed by atoms with E-state index in [-0.39, 0.29) is 5.91 Å². The Morgan fingerprint density at radius 2 is 1.57 bits per heavy atom. The molecule has 0 saturated carbocycles. The summed E-state index contributed by atoms with van der Waals surface area (Å²) in [5, 5.41) is 3.58. The fraction of sp³-hybridized carbons (Fsp3) is 0.0345. The molecule has 1 N–H and O–H groups in total. The molecule has 0 bridgehead atoms. The summed E-state index contributed by atoms with van der Waals surface area (Å²) in [7, 11) is 0. The van der Waals surface area contributed by atoms with Gasteiger partial charge in [0.1, 0.15) is 12.4 Å². The SMILES string of the molecule is O=C(Nc1ccc(OCc2ccccc2)cc1)c1ccccc1-c1ncc(-c2ccc(Cl)cc2)o1. The van der Waals surface area contributed by atoms with Crippen LogP contribution in [0.5, 0.6) is 5.75 Å². The number of nitrogens with zero attached hydrogens (tertiary/aromatic N) is 1. The van der Waals surface area contributed by atoms with E-state index in [4.69, 9.17) is 20.8 Å². The Morgan fingerprint density at radius 1 is 0.857 bits per heavy atom. The van der Waals surface area contributed by atoms with Gasteiger partial charge in [-0.15, -0.1) is 0 Å². The summed E-state index contributed by atoms with van der Waals surface area (Å²) in [6.45, 7) is 0.480. The number of halogens is 1. The lowest BCUT2D eigenvalue weighted by Crippen LogP contribution is -2.13. The Morgan fingerprint density at radius 3 is 2.34 bits per heavy atom. The monoisotopic (exact) mass is 480 g/mol.